The van der Waals surface area contributed by atoms with Crippen LogP contribution in [0.3, 0.4) is 0 Å². The predicted molar refractivity (Wildman–Crippen MR) is 83.1 cm³/mol. The number of carbonyl (C=O) groups is 1. The van der Waals surface area contributed by atoms with Gasteiger partial charge in [-0.25, -0.2) is 4.98 Å². The number of hydrogen-bond donors (Lipinski definition) is 2. The van der Waals surface area contributed by atoms with Crippen LogP contribution in [0.5, 0.6) is 0 Å². The number of hydrogen-bond acceptors (Lipinski definition) is 5. The minimum atomic E-state index is -4.49. The maximum absolute atomic E-state index is 13.4. The normalized spacial score (nSPS) is 15.9. The number of alkyl halides is 3. The predicted octanol–water partition coefficient (Wildman–Crippen LogP) is 2.08. The molecule has 0 aromatic carbocycles. The molecule has 124 valence electrons. The summed E-state index contributed by atoms with van der Waals surface area (Å²) in [5, 5.41) is 7.01. The van der Waals surface area contributed by atoms with Gasteiger partial charge < -0.3 is 15.5 Å². The number of anilines is 1. The number of aromatic nitrogens is 1. The van der Waals surface area contributed by atoms with E-state index in [0.29, 0.717) is 26.2 Å². The van der Waals surface area contributed by atoms with Crippen LogP contribution < -0.4 is 15.5 Å². The molecule has 5 nitrogen and oxygen atoms in total. The van der Waals surface area contributed by atoms with Gasteiger partial charge in [0, 0.05) is 38.6 Å². The number of carbonyl (C=O) groups excluding carboxylic acids is 1. The highest BCUT2D eigenvalue weighted by Crippen LogP contribution is 2.40. The van der Waals surface area contributed by atoms with Crippen LogP contribution >= 0.6 is 11.3 Å². The fraction of sp³-hybridized carbons (Fsp3) is 0.429. The maximum atomic E-state index is 13.4. The number of amides is 1. The lowest BCUT2D eigenvalue weighted by molar-refractivity contribution is -0.136. The van der Waals surface area contributed by atoms with Crippen molar-refractivity contribution in [2.24, 2.45) is 0 Å². The third-order valence-electron chi connectivity index (χ3n) is 3.73. The van der Waals surface area contributed by atoms with E-state index in [9.17, 15) is 18.0 Å². The molecule has 1 aliphatic heterocycles. The zero-order valence-corrected chi connectivity index (χ0v) is 13.1. The molecule has 0 unspecified atom stereocenters. The Morgan fingerprint density at radius 3 is 2.70 bits per heavy atom. The van der Waals surface area contributed by atoms with Gasteiger partial charge in [0.25, 0.3) is 5.91 Å². The number of halogens is 3. The van der Waals surface area contributed by atoms with E-state index in [-0.39, 0.29) is 21.6 Å². The molecule has 1 aliphatic rings. The molecule has 0 spiro atoms. The van der Waals surface area contributed by atoms with Gasteiger partial charge in [0.2, 0.25) is 0 Å². The summed E-state index contributed by atoms with van der Waals surface area (Å²) in [5.41, 5.74) is -0.455. The molecule has 3 heterocycles. The summed E-state index contributed by atoms with van der Waals surface area (Å²) in [6.07, 6.45) is -4.49. The largest absolute Gasteiger partial charge is 0.417 e. The van der Waals surface area contributed by atoms with Gasteiger partial charge in [0.15, 0.2) is 0 Å². The summed E-state index contributed by atoms with van der Waals surface area (Å²) in [7, 11) is 1.44. The second-order valence-electron chi connectivity index (χ2n) is 5.17. The maximum Gasteiger partial charge on any atom is 0.417 e. The first-order valence-corrected chi connectivity index (χ1v) is 7.97. The Bertz CT molecular complexity index is 737. The van der Waals surface area contributed by atoms with Gasteiger partial charge in [0.05, 0.1) is 21.3 Å². The fourth-order valence-electron chi connectivity index (χ4n) is 2.56. The molecule has 0 saturated carbocycles. The van der Waals surface area contributed by atoms with Crippen molar-refractivity contribution >= 4 is 33.3 Å². The lowest BCUT2D eigenvalue weighted by Crippen LogP contribution is -2.44. The minimum absolute atomic E-state index is 0.00464. The molecule has 2 aromatic rings. The van der Waals surface area contributed by atoms with Crippen molar-refractivity contribution in [2.45, 2.75) is 6.18 Å². The molecule has 0 aliphatic carbocycles. The monoisotopic (exact) mass is 344 g/mol. The van der Waals surface area contributed by atoms with Crippen LogP contribution in [-0.2, 0) is 6.18 Å². The van der Waals surface area contributed by atoms with Gasteiger partial charge in [-0.2, -0.15) is 13.2 Å². The zero-order valence-electron chi connectivity index (χ0n) is 12.3. The Morgan fingerprint density at radius 2 is 2.09 bits per heavy atom. The Morgan fingerprint density at radius 1 is 1.39 bits per heavy atom. The van der Waals surface area contributed by atoms with E-state index < -0.39 is 17.6 Å². The van der Waals surface area contributed by atoms with E-state index in [1.165, 1.54) is 12.4 Å². The van der Waals surface area contributed by atoms with Crippen molar-refractivity contribution in [2.75, 3.05) is 38.1 Å². The van der Waals surface area contributed by atoms with Gasteiger partial charge >= 0.3 is 6.18 Å². The van der Waals surface area contributed by atoms with Crippen LogP contribution in [0.4, 0.5) is 19.0 Å². The van der Waals surface area contributed by atoms with Crippen molar-refractivity contribution in [3.63, 3.8) is 0 Å². The van der Waals surface area contributed by atoms with Crippen LogP contribution in [0, 0.1) is 0 Å². The van der Waals surface area contributed by atoms with Gasteiger partial charge in [-0.1, -0.05) is 0 Å². The number of nitrogens with zero attached hydrogens (tertiary/aromatic N) is 2. The summed E-state index contributed by atoms with van der Waals surface area (Å²) in [4.78, 5) is 18.0. The highest BCUT2D eigenvalue weighted by Gasteiger charge is 2.35. The molecule has 23 heavy (non-hydrogen) atoms. The Kier molecular flexibility index (Phi) is 4.15. The molecular weight excluding hydrogens is 329 g/mol. The molecule has 9 heteroatoms. The van der Waals surface area contributed by atoms with E-state index in [0.717, 1.165) is 17.4 Å². The highest BCUT2D eigenvalue weighted by molar-refractivity contribution is 7.17. The van der Waals surface area contributed by atoms with E-state index in [2.05, 4.69) is 15.6 Å². The fourth-order valence-corrected chi connectivity index (χ4v) is 3.58. The lowest BCUT2D eigenvalue weighted by Gasteiger charge is -2.29. The second-order valence-corrected chi connectivity index (χ2v) is 6.05. The van der Waals surface area contributed by atoms with Crippen LogP contribution in [0.2, 0.25) is 0 Å². The number of pyridine rings is 1. The van der Waals surface area contributed by atoms with Crippen LogP contribution in [0.15, 0.2) is 11.4 Å². The first kappa shape index (κ1) is 16.0. The SMILES string of the molecule is CNC(=O)c1csc2c(C(F)(F)F)cc(N3CCNCC3)nc12. The number of nitrogens with one attached hydrogen (secondary N) is 2. The number of thiophene rings is 1. The Labute approximate surface area is 134 Å². The molecule has 0 atom stereocenters. The number of piperazine rings is 1. The molecular formula is C14H15F3N4OS. The van der Waals surface area contributed by atoms with Crippen molar-refractivity contribution in [3.05, 3.63) is 22.6 Å². The smallest absolute Gasteiger partial charge is 0.355 e. The van der Waals surface area contributed by atoms with Crippen molar-refractivity contribution < 1.29 is 18.0 Å². The summed E-state index contributed by atoms with van der Waals surface area (Å²) in [5.74, 6) is -0.177. The quantitative estimate of drug-likeness (QED) is 0.876. The van der Waals surface area contributed by atoms with Crippen molar-refractivity contribution in [1.82, 2.24) is 15.6 Å². The van der Waals surface area contributed by atoms with Gasteiger partial charge in [-0.05, 0) is 6.07 Å². The topological polar surface area (TPSA) is 57.3 Å². The van der Waals surface area contributed by atoms with Crippen LogP contribution in [0.25, 0.3) is 10.2 Å². The van der Waals surface area contributed by atoms with Gasteiger partial charge in [-0.3, -0.25) is 4.79 Å². The third kappa shape index (κ3) is 2.98. The van der Waals surface area contributed by atoms with E-state index >= 15 is 0 Å². The average Bonchev–Trinajstić information content (AvgIpc) is 2.97. The lowest BCUT2D eigenvalue weighted by atomic mass is 10.1. The molecule has 1 fully saturated rings. The molecule has 2 N–H and O–H groups in total. The summed E-state index contributed by atoms with van der Waals surface area (Å²) in [6, 6.07) is 1.08. The molecule has 0 radical (unpaired) electrons. The standard InChI is InChI=1S/C14H15F3N4OS/c1-18-13(22)8-7-23-12-9(14(15,16)17)6-10(20-11(8)12)21-4-2-19-3-5-21/h6-7,19H,2-5H2,1H3,(H,18,22). The third-order valence-corrected chi connectivity index (χ3v) is 4.73. The second kappa shape index (κ2) is 5.97. The number of fused-ring (bicyclic) bond motifs is 1. The van der Waals surface area contributed by atoms with E-state index in [1.807, 2.05) is 0 Å². The molecule has 1 amide bonds. The molecule has 1 saturated heterocycles. The minimum Gasteiger partial charge on any atom is -0.355 e. The number of rotatable bonds is 2. The Hall–Kier alpha value is -1.87. The van der Waals surface area contributed by atoms with E-state index in [4.69, 9.17) is 0 Å². The zero-order chi connectivity index (χ0) is 16.6. The summed E-state index contributed by atoms with van der Waals surface area (Å²) >= 11 is 0.892. The summed E-state index contributed by atoms with van der Waals surface area (Å²) < 4.78 is 40.2. The summed E-state index contributed by atoms with van der Waals surface area (Å²) in [6.45, 7) is 2.53. The van der Waals surface area contributed by atoms with Gasteiger partial charge in [0.1, 0.15) is 5.82 Å². The molecule has 0 bridgehead atoms. The molecule has 3 rings (SSSR count). The van der Waals surface area contributed by atoms with Crippen LogP contribution in [-0.4, -0.2) is 44.1 Å². The highest BCUT2D eigenvalue weighted by atomic mass is 32.1. The average molecular weight is 344 g/mol. The van der Waals surface area contributed by atoms with Gasteiger partial charge in [-0.15, -0.1) is 11.3 Å². The molecule has 2 aromatic heterocycles. The van der Waals surface area contributed by atoms with Crippen molar-refractivity contribution in [1.29, 1.82) is 0 Å². The van der Waals surface area contributed by atoms with Crippen molar-refractivity contribution in [3.8, 4) is 0 Å². The first-order valence-electron chi connectivity index (χ1n) is 7.09. The Balaban J connectivity index is 2.19. The van der Waals surface area contributed by atoms with E-state index in [1.54, 1.807) is 4.90 Å². The first-order chi connectivity index (χ1) is 10.9. The van der Waals surface area contributed by atoms with Crippen LogP contribution in [0.1, 0.15) is 15.9 Å².